The Bertz CT molecular complexity index is 180. The lowest BCUT2D eigenvalue weighted by Gasteiger charge is -2.45. The average molecular weight is 201 g/mol. The van der Waals surface area contributed by atoms with E-state index in [4.69, 9.17) is 4.43 Å². The number of hydrogen-bond acceptors (Lipinski definition) is 2. The third kappa shape index (κ3) is 2.54. The molecule has 0 aromatic rings. The van der Waals surface area contributed by atoms with Gasteiger partial charge in [-0.15, -0.1) is 0 Å². The second-order valence-corrected chi connectivity index (χ2v) is 10.5. The molecule has 1 fully saturated rings. The van der Waals surface area contributed by atoms with Crippen LogP contribution in [0.25, 0.3) is 0 Å². The zero-order chi connectivity index (χ0) is 10.3. The van der Waals surface area contributed by atoms with Gasteiger partial charge < -0.3 is 9.33 Å². The maximum Gasteiger partial charge on any atom is 0.192 e. The van der Waals surface area contributed by atoms with Gasteiger partial charge in [0.05, 0.1) is 6.10 Å². The molecule has 0 aliphatic carbocycles. The summed E-state index contributed by atoms with van der Waals surface area (Å²) in [6.07, 6.45) is 0.505. The van der Waals surface area contributed by atoms with E-state index in [1.165, 1.54) is 0 Å². The molecule has 13 heavy (non-hydrogen) atoms. The van der Waals surface area contributed by atoms with Crippen LogP contribution in [0.1, 0.15) is 20.8 Å². The third-order valence-electron chi connectivity index (χ3n) is 3.30. The minimum atomic E-state index is -1.49. The van der Waals surface area contributed by atoms with Gasteiger partial charge in [-0.3, -0.25) is 0 Å². The molecule has 1 saturated heterocycles. The van der Waals surface area contributed by atoms with Gasteiger partial charge >= 0.3 is 0 Å². The fourth-order valence-corrected chi connectivity index (χ4v) is 2.65. The van der Waals surface area contributed by atoms with Gasteiger partial charge in [0.15, 0.2) is 8.32 Å². The summed E-state index contributed by atoms with van der Waals surface area (Å²) in [5.74, 6) is 0. The number of nitrogens with zero attached hydrogens (tertiary/aromatic N) is 1. The molecule has 1 aliphatic rings. The molecule has 0 bridgehead atoms. The number of likely N-dealkylation sites (N-methyl/N-ethyl adjacent to an activating group) is 1. The van der Waals surface area contributed by atoms with E-state index in [0.29, 0.717) is 11.1 Å². The van der Waals surface area contributed by atoms with E-state index in [1.54, 1.807) is 0 Å². The molecule has 0 amide bonds. The van der Waals surface area contributed by atoms with Crippen LogP contribution in [0.15, 0.2) is 0 Å². The maximum atomic E-state index is 6.21. The topological polar surface area (TPSA) is 12.5 Å². The van der Waals surface area contributed by atoms with Crippen LogP contribution in [0, 0.1) is 0 Å². The standard InChI is InChI=1S/C10H23NOSi/c1-10(2,3)13(5,6)12-9-7-11(4)8-9/h9H,7-8H2,1-6H3. The molecule has 0 aromatic heterocycles. The van der Waals surface area contributed by atoms with Crippen LogP contribution < -0.4 is 0 Å². The van der Waals surface area contributed by atoms with Crippen LogP contribution in [0.2, 0.25) is 18.1 Å². The first-order valence-corrected chi connectivity index (χ1v) is 7.99. The Kier molecular flexibility index (Phi) is 2.91. The smallest absolute Gasteiger partial charge is 0.192 e. The molecular formula is C10H23NOSi. The molecule has 0 N–H and O–H groups in total. The molecule has 3 heteroatoms. The monoisotopic (exact) mass is 201 g/mol. The average Bonchev–Trinajstić information content (AvgIpc) is 1.80. The molecule has 0 spiro atoms. The minimum Gasteiger partial charge on any atom is -0.411 e. The predicted octanol–water partition coefficient (Wildman–Crippen LogP) is 2.32. The van der Waals surface area contributed by atoms with Gasteiger partial charge in [0.1, 0.15) is 0 Å². The first kappa shape index (κ1) is 11.2. The molecule has 0 atom stereocenters. The van der Waals surface area contributed by atoms with Gasteiger partial charge in [-0.05, 0) is 25.2 Å². The summed E-state index contributed by atoms with van der Waals surface area (Å²) in [6, 6.07) is 0. The van der Waals surface area contributed by atoms with Crippen molar-refractivity contribution in [1.29, 1.82) is 0 Å². The molecule has 2 nitrogen and oxygen atoms in total. The van der Waals surface area contributed by atoms with Crippen molar-refractivity contribution >= 4 is 8.32 Å². The van der Waals surface area contributed by atoms with Gasteiger partial charge in [0, 0.05) is 13.1 Å². The summed E-state index contributed by atoms with van der Waals surface area (Å²) in [7, 11) is 0.650. The first-order chi connectivity index (χ1) is 5.72. The van der Waals surface area contributed by atoms with E-state index in [1.807, 2.05) is 0 Å². The lowest BCUT2D eigenvalue weighted by atomic mass is 10.2. The van der Waals surface area contributed by atoms with E-state index in [-0.39, 0.29) is 0 Å². The SMILES string of the molecule is CN1CC(O[Si](C)(C)C(C)(C)C)C1. The quantitative estimate of drug-likeness (QED) is 0.636. The van der Waals surface area contributed by atoms with E-state index in [0.717, 1.165) is 13.1 Å². The van der Waals surface area contributed by atoms with E-state index < -0.39 is 8.32 Å². The Hall–Kier alpha value is 0.137. The molecule has 1 rings (SSSR count). The van der Waals surface area contributed by atoms with Crippen LogP contribution in [-0.2, 0) is 4.43 Å². The number of likely N-dealkylation sites (tertiary alicyclic amines) is 1. The lowest BCUT2D eigenvalue weighted by Crippen LogP contribution is -2.56. The summed E-state index contributed by atoms with van der Waals surface area (Å²) in [5, 5.41) is 0.348. The second-order valence-electron chi connectivity index (χ2n) is 5.72. The zero-order valence-corrected chi connectivity index (χ0v) is 10.8. The highest BCUT2D eigenvalue weighted by Crippen LogP contribution is 2.38. The number of hydrogen-bond donors (Lipinski definition) is 0. The molecule has 78 valence electrons. The summed E-state index contributed by atoms with van der Waals surface area (Å²) in [6.45, 7) is 13.8. The highest BCUT2D eigenvalue weighted by molar-refractivity contribution is 6.74. The maximum absolute atomic E-state index is 6.21. The zero-order valence-electron chi connectivity index (χ0n) is 9.85. The Morgan fingerprint density at radius 3 is 2.00 bits per heavy atom. The van der Waals surface area contributed by atoms with Gasteiger partial charge in [-0.2, -0.15) is 0 Å². The number of rotatable bonds is 2. The van der Waals surface area contributed by atoms with Crippen LogP contribution in [-0.4, -0.2) is 39.5 Å². The van der Waals surface area contributed by atoms with E-state index in [2.05, 4.69) is 45.8 Å². The summed E-state index contributed by atoms with van der Waals surface area (Å²) in [5.41, 5.74) is 0. The molecule has 0 unspecified atom stereocenters. The van der Waals surface area contributed by atoms with Crippen molar-refractivity contribution in [2.45, 2.75) is 45.0 Å². The van der Waals surface area contributed by atoms with Crippen LogP contribution in [0.3, 0.4) is 0 Å². The Morgan fingerprint density at radius 2 is 1.69 bits per heavy atom. The van der Waals surface area contributed by atoms with Crippen LogP contribution >= 0.6 is 0 Å². The largest absolute Gasteiger partial charge is 0.411 e. The highest BCUT2D eigenvalue weighted by Gasteiger charge is 2.41. The summed E-state index contributed by atoms with van der Waals surface area (Å²) in [4.78, 5) is 2.30. The minimum absolute atomic E-state index is 0.348. The van der Waals surface area contributed by atoms with Crippen LogP contribution in [0.5, 0.6) is 0 Å². The predicted molar refractivity (Wildman–Crippen MR) is 59.6 cm³/mol. The highest BCUT2D eigenvalue weighted by atomic mass is 28.4. The van der Waals surface area contributed by atoms with Crippen molar-refractivity contribution in [3.8, 4) is 0 Å². The fraction of sp³-hybridized carbons (Fsp3) is 1.00. The second kappa shape index (κ2) is 3.37. The first-order valence-electron chi connectivity index (χ1n) is 5.09. The van der Waals surface area contributed by atoms with Crippen molar-refractivity contribution in [2.24, 2.45) is 0 Å². The third-order valence-corrected chi connectivity index (χ3v) is 7.83. The van der Waals surface area contributed by atoms with Crippen molar-refractivity contribution in [3.05, 3.63) is 0 Å². The van der Waals surface area contributed by atoms with Crippen LogP contribution in [0.4, 0.5) is 0 Å². The van der Waals surface area contributed by atoms with E-state index in [9.17, 15) is 0 Å². The van der Waals surface area contributed by atoms with Crippen molar-refractivity contribution < 1.29 is 4.43 Å². The van der Waals surface area contributed by atoms with Gasteiger partial charge in [-0.1, -0.05) is 20.8 Å². The molecule has 0 radical (unpaired) electrons. The molecule has 1 aliphatic heterocycles. The van der Waals surface area contributed by atoms with Crippen molar-refractivity contribution in [3.63, 3.8) is 0 Å². The van der Waals surface area contributed by atoms with Crippen molar-refractivity contribution in [1.82, 2.24) is 4.90 Å². The molecule has 0 aromatic carbocycles. The normalized spacial score (nSPS) is 21.7. The fourth-order valence-electron chi connectivity index (χ4n) is 1.31. The van der Waals surface area contributed by atoms with Gasteiger partial charge in [0.2, 0.25) is 0 Å². The van der Waals surface area contributed by atoms with Gasteiger partial charge in [0.25, 0.3) is 0 Å². The Labute approximate surface area is 83.4 Å². The molecular weight excluding hydrogens is 178 g/mol. The van der Waals surface area contributed by atoms with E-state index >= 15 is 0 Å². The Morgan fingerprint density at radius 1 is 1.23 bits per heavy atom. The lowest BCUT2D eigenvalue weighted by molar-refractivity contribution is 0.0285. The van der Waals surface area contributed by atoms with Crippen molar-refractivity contribution in [2.75, 3.05) is 20.1 Å². The molecule has 0 saturated carbocycles. The Balaban J connectivity index is 2.43. The van der Waals surface area contributed by atoms with Gasteiger partial charge in [-0.25, -0.2) is 0 Å². The summed E-state index contributed by atoms with van der Waals surface area (Å²) < 4.78 is 6.21. The molecule has 1 heterocycles. The summed E-state index contributed by atoms with van der Waals surface area (Å²) >= 11 is 0.